The molecule has 70 valence electrons. The Balaban J connectivity index is 1.97. The van der Waals surface area contributed by atoms with Crippen LogP contribution >= 0.6 is 0 Å². The average molecular weight is 168 g/mol. The molecule has 2 nitrogen and oxygen atoms in total. The second kappa shape index (κ2) is 6.21. The molecule has 1 fully saturated rings. The minimum absolute atomic E-state index is 0.761. The Bertz CT molecular complexity index is 126. The molecule has 1 saturated heterocycles. The lowest BCUT2D eigenvalue weighted by atomic mass is 10.1. The third-order valence-corrected chi connectivity index (χ3v) is 2.32. The van der Waals surface area contributed by atoms with Crippen LogP contribution in [0.4, 0.5) is 0 Å². The van der Waals surface area contributed by atoms with Crippen LogP contribution in [-0.2, 0) is 0 Å². The van der Waals surface area contributed by atoms with E-state index in [0.717, 1.165) is 12.6 Å². The molecule has 0 atom stereocenters. The quantitative estimate of drug-likeness (QED) is 0.488. The van der Waals surface area contributed by atoms with E-state index in [-0.39, 0.29) is 0 Å². The van der Waals surface area contributed by atoms with Gasteiger partial charge in [0.2, 0.25) is 0 Å². The number of piperidine rings is 1. The second-order valence-electron chi connectivity index (χ2n) is 3.34. The van der Waals surface area contributed by atoms with E-state index in [2.05, 4.69) is 29.7 Å². The summed E-state index contributed by atoms with van der Waals surface area (Å²) in [6, 6.07) is 0.761. The van der Waals surface area contributed by atoms with Crippen LogP contribution in [0.25, 0.3) is 0 Å². The molecule has 0 bridgehead atoms. The maximum Gasteiger partial charge on any atom is 0.00913 e. The molecule has 2 N–H and O–H groups in total. The minimum Gasteiger partial charge on any atom is -0.317 e. The fourth-order valence-electron chi connectivity index (χ4n) is 1.56. The molecule has 0 spiro atoms. The summed E-state index contributed by atoms with van der Waals surface area (Å²) in [5.74, 6) is 0. The van der Waals surface area contributed by atoms with Crippen molar-refractivity contribution in [1.82, 2.24) is 10.6 Å². The van der Waals surface area contributed by atoms with Gasteiger partial charge in [0, 0.05) is 6.04 Å². The SMILES string of the molecule is C/C=C/CCNC1CCNCC1. The van der Waals surface area contributed by atoms with E-state index in [1.54, 1.807) is 0 Å². The Morgan fingerprint density at radius 2 is 2.17 bits per heavy atom. The Kier molecular flexibility index (Phi) is 5.04. The summed E-state index contributed by atoms with van der Waals surface area (Å²) in [7, 11) is 0. The molecule has 1 aliphatic rings. The lowest BCUT2D eigenvalue weighted by molar-refractivity contribution is 0.390. The Hall–Kier alpha value is -0.340. The largest absolute Gasteiger partial charge is 0.317 e. The fourth-order valence-corrected chi connectivity index (χ4v) is 1.56. The molecular weight excluding hydrogens is 148 g/mol. The first-order valence-corrected chi connectivity index (χ1v) is 4.98. The molecule has 0 unspecified atom stereocenters. The van der Waals surface area contributed by atoms with Gasteiger partial charge in [0.05, 0.1) is 0 Å². The summed E-state index contributed by atoms with van der Waals surface area (Å²) in [6.07, 6.45) is 8.07. The first-order chi connectivity index (χ1) is 5.93. The molecule has 0 amide bonds. The number of hydrogen-bond donors (Lipinski definition) is 2. The number of hydrogen-bond acceptors (Lipinski definition) is 2. The molecule has 1 heterocycles. The molecule has 1 aliphatic heterocycles. The standard InChI is InChI=1S/C10H20N2/c1-2-3-4-7-12-10-5-8-11-9-6-10/h2-3,10-12H,4-9H2,1H3/b3-2+. The van der Waals surface area contributed by atoms with Gasteiger partial charge in [0.15, 0.2) is 0 Å². The normalized spacial score (nSPS) is 20.4. The maximum absolute atomic E-state index is 3.57. The Morgan fingerprint density at radius 3 is 2.83 bits per heavy atom. The predicted octanol–water partition coefficient (Wildman–Crippen LogP) is 1.29. The van der Waals surface area contributed by atoms with Crippen molar-refractivity contribution in [3.8, 4) is 0 Å². The van der Waals surface area contributed by atoms with Gasteiger partial charge in [-0.15, -0.1) is 0 Å². The summed E-state index contributed by atoms with van der Waals surface area (Å²) in [6.45, 7) is 5.57. The van der Waals surface area contributed by atoms with E-state index in [4.69, 9.17) is 0 Å². The third kappa shape index (κ3) is 3.88. The lowest BCUT2D eigenvalue weighted by Gasteiger charge is -2.23. The van der Waals surface area contributed by atoms with Crippen LogP contribution in [0.2, 0.25) is 0 Å². The highest BCUT2D eigenvalue weighted by Gasteiger charge is 2.10. The van der Waals surface area contributed by atoms with Crippen molar-refractivity contribution in [3.63, 3.8) is 0 Å². The molecule has 12 heavy (non-hydrogen) atoms. The first-order valence-electron chi connectivity index (χ1n) is 4.98. The average Bonchev–Trinajstić information content (AvgIpc) is 2.14. The van der Waals surface area contributed by atoms with E-state index < -0.39 is 0 Å². The first kappa shape index (κ1) is 9.75. The zero-order valence-corrected chi connectivity index (χ0v) is 7.97. The molecule has 0 aliphatic carbocycles. The van der Waals surface area contributed by atoms with Crippen LogP contribution in [0, 0.1) is 0 Å². The summed E-state index contributed by atoms with van der Waals surface area (Å²) in [4.78, 5) is 0. The van der Waals surface area contributed by atoms with Crippen LogP contribution in [-0.4, -0.2) is 25.7 Å². The summed E-state index contributed by atoms with van der Waals surface area (Å²) in [5, 5.41) is 6.93. The smallest absolute Gasteiger partial charge is 0.00913 e. The number of nitrogens with one attached hydrogen (secondary N) is 2. The molecule has 2 heteroatoms. The monoisotopic (exact) mass is 168 g/mol. The highest BCUT2D eigenvalue weighted by Crippen LogP contribution is 2.01. The van der Waals surface area contributed by atoms with E-state index in [9.17, 15) is 0 Å². The highest BCUT2D eigenvalue weighted by molar-refractivity contribution is 4.80. The van der Waals surface area contributed by atoms with Crippen molar-refractivity contribution in [2.24, 2.45) is 0 Å². The van der Waals surface area contributed by atoms with E-state index in [1.807, 2.05) is 0 Å². The lowest BCUT2D eigenvalue weighted by Crippen LogP contribution is -2.40. The van der Waals surface area contributed by atoms with E-state index >= 15 is 0 Å². The van der Waals surface area contributed by atoms with Gasteiger partial charge in [-0.3, -0.25) is 0 Å². The van der Waals surface area contributed by atoms with Gasteiger partial charge in [-0.25, -0.2) is 0 Å². The Labute approximate surface area is 75.4 Å². The Morgan fingerprint density at radius 1 is 1.42 bits per heavy atom. The van der Waals surface area contributed by atoms with Crippen LogP contribution in [0.5, 0.6) is 0 Å². The second-order valence-corrected chi connectivity index (χ2v) is 3.34. The van der Waals surface area contributed by atoms with Crippen molar-refractivity contribution < 1.29 is 0 Å². The summed E-state index contributed by atoms with van der Waals surface area (Å²) in [5.41, 5.74) is 0. The van der Waals surface area contributed by atoms with Crippen LogP contribution < -0.4 is 10.6 Å². The fraction of sp³-hybridized carbons (Fsp3) is 0.800. The van der Waals surface area contributed by atoms with Crippen LogP contribution in [0.3, 0.4) is 0 Å². The van der Waals surface area contributed by atoms with E-state index in [0.29, 0.717) is 0 Å². The summed E-state index contributed by atoms with van der Waals surface area (Å²) >= 11 is 0. The summed E-state index contributed by atoms with van der Waals surface area (Å²) < 4.78 is 0. The van der Waals surface area contributed by atoms with Gasteiger partial charge in [-0.2, -0.15) is 0 Å². The molecule has 0 saturated carbocycles. The molecule has 0 aromatic carbocycles. The van der Waals surface area contributed by atoms with Crippen molar-refractivity contribution in [3.05, 3.63) is 12.2 Å². The van der Waals surface area contributed by atoms with Crippen molar-refractivity contribution in [2.45, 2.75) is 32.2 Å². The topological polar surface area (TPSA) is 24.1 Å². The molecular formula is C10H20N2. The molecule has 0 aromatic rings. The van der Waals surface area contributed by atoms with Crippen molar-refractivity contribution in [2.75, 3.05) is 19.6 Å². The highest BCUT2D eigenvalue weighted by atomic mass is 15.0. The van der Waals surface area contributed by atoms with Crippen LogP contribution in [0.1, 0.15) is 26.2 Å². The van der Waals surface area contributed by atoms with Gasteiger partial charge in [0.1, 0.15) is 0 Å². The van der Waals surface area contributed by atoms with Crippen molar-refractivity contribution in [1.29, 1.82) is 0 Å². The third-order valence-electron chi connectivity index (χ3n) is 2.32. The molecule has 1 rings (SSSR count). The van der Waals surface area contributed by atoms with Gasteiger partial charge in [0.25, 0.3) is 0 Å². The van der Waals surface area contributed by atoms with Gasteiger partial charge in [-0.1, -0.05) is 12.2 Å². The zero-order valence-electron chi connectivity index (χ0n) is 7.97. The van der Waals surface area contributed by atoms with Gasteiger partial charge < -0.3 is 10.6 Å². The number of rotatable bonds is 4. The number of allylic oxidation sites excluding steroid dienone is 1. The van der Waals surface area contributed by atoms with Gasteiger partial charge >= 0.3 is 0 Å². The predicted molar refractivity (Wildman–Crippen MR) is 53.3 cm³/mol. The minimum atomic E-state index is 0.761. The zero-order chi connectivity index (χ0) is 8.65. The van der Waals surface area contributed by atoms with E-state index in [1.165, 1.54) is 32.4 Å². The molecule has 0 aromatic heterocycles. The maximum atomic E-state index is 3.57. The molecule has 0 radical (unpaired) electrons. The van der Waals surface area contributed by atoms with Crippen molar-refractivity contribution >= 4 is 0 Å². The van der Waals surface area contributed by atoms with Gasteiger partial charge in [-0.05, 0) is 45.8 Å². The van der Waals surface area contributed by atoms with Crippen LogP contribution in [0.15, 0.2) is 12.2 Å².